The number of rotatable bonds is 4. The summed E-state index contributed by atoms with van der Waals surface area (Å²) in [6, 6.07) is 11.5. The fraction of sp³-hybridized carbons (Fsp3) is 0.333. The van der Waals surface area contributed by atoms with Gasteiger partial charge in [0, 0.05) is 18.8 Å². The molecule has 6 rings (SSSR count). The number of pyridine rings is 1. The molecule has 8 heteroatoms. The number of amides is 1. The number of aromatic nitrogens is 4. The standard InChI is InChI=1S/C21H21ClN6O/c22-15-6-8-20(23-12-15)26-17-11-14-5-7-19(17)27(13-14)21(29)16-3-1-2-4-18(16)28-24-9-10-25-28/h1-4,6,8-10,12,14,17,19H,5,7,11,13H2,(H,23,26)/t14-,17+,19-/m0/s1. The van der Waals surface area contributed by atoms with Gasteiger partial charge in [0.15, 0.2) is 0 Å². The van der Waals surface area contributed by atoms with Crippen molar-refractivity contribution in [3.8, 4) is 5.69 Å². The molecule has 2 aromatic heterocycles. The van der Waals surface area contributed by atoms with Gasteiger partial charge in [-0.3, -0.25) is 4.79 Å². The van der Waals surface area contributed by atoms with E-state index in [1.807, 2.05) is 41.3 Å². The van der Waals surface area contributed by atoms with E-state index in [1.165, 1.54) is 4.80 Å². The van der Waals surface area contributed by atoms with Gasteiger partial charge in [-0.2, -0.15) is 15.0 Å². The zero-order valence-electron chi connectivity index (χ0n) is 15.8. The number of carbonyl (C=O) groups excluding carboxylic acids is 1. The van der Waals surface area contributed by atoms with Crippen LogP contribution in [0.1, 0.15) is 29.6 Å². The van der Waals surface area contributed by atoms with Crippen LogP contribution >= 0.6 is 11.6 Å². The molecule has 3 aromatic rings. The largest absolute Gasteiger partial charge is 0.365 e. The van der Waals surface area contributed by atoms with Gasteiger partial charge in [-0.15, -0.1) is 0 Å². The number of anilines is 1. The topological polar surface area (TPSA) is 75.9 Å². The molecule has 148 valence electrons. The summed E-state index contributed by atoms with van der Waals surface area (Å²) in [5, 5.41) is 12.5. The van der Waals surface area contributed by atoms with Crippen molar-refractivity contribution in [2.45, 2.75) is 31.3 Å². The molecule has 0 radical (unpaired) electrons. The average Bonchev–Trinajstić information content (AvgIpc) is 3.30. The Labute approximate surface area is 173 Å². The van der Waals surface area contributed by atoms with Gasteiger partial charge >= 0.3 is 0 Å². The molecule has 2 saturated heterocycles. The van der Waals surface area contributed by atoms with E-state index >= 15 is 0 Å². The minimum absolute atomic E-state index is 0.0307. The van der Waals surface area contributed by atoms with E-state index in [4.69, 9.17) is 11.6 Å². The number of fused-ring (bicyclic) bond motifs is 3. The third kappa shape index (κ3) is 3.46. The first-order valence-corrected chi connectivity index (χ1v) is 10.2. The second-order valence-corrected chi connectivity index (χ2v) is 8.09. The minimum Gasteiger partial charge on any atom is -0.365 e. The van der Waals surface area contributed by atoms with E-state index in [9.17, 15) is 4.79 Å². The second-order valence-electron chi connectivity index (χ2n) is 7.65. The first kappa shape index (κ1) is 18.1. The van der Waals surface area contributed by atoms with Crippen molar-refractivity contribution in [3.63, 3.8) is 0 Å². The number of piperidine rings is 2. The van der Waals surface area contributed by atoms with Crippen molar-refractivity contribution in [2.75, 3.05) is 11.9 Å². The molecule has 1 aliphatic carbocycles. The van der Waals surface area contributed by atoms with Gasteiger partial charge in [-0.25, -0.2) is 4.98 Å². The zero-order valence-corrected chi connectivity index (χ0v) is 16.5. The Kier molecular flexibility index (Phi) is 4.67. The zero-order chi connectivity index (χ0) is 19.8. The summed E-state index contributed by atoms with van der Waals surface area (Å²) in [6.07, 6.45) is 8.06. The van der Waals surface area contributed by atoms with E-state index in [0.717, 1.165) is 31.6 Å². The molecule has 3 atom stereocenters. The number of hydrogen-bond acceptors (Lipinski definition) is 5. The van der Waals surface area contributed by atoms with Crippen LogP contribution in [0.5, 0.6) is 0 Å². The van der Waals surface area contributed by atoms with Gasteiger partial charge in [-0.05, 0) is 49.4 Å². The number of halogens is 1. The second kappa shape index (κ2) is 7.48. The molecule has 7 nitrogen and oxygen atoms in total. The highest BCUT2D eigenvalue weighted by atomic mass is 35.5. The van der Waals surface area contributed by atoms with Crippen LogP contribution in [0.25, 0.3) is 5.69 Å². The fourth-order valence-electron chi connectivity index (χ4n) is 4.56. The number of hydrogen-bond donors (Lipinski definition) is 1. The lowest BCUT2D eigenvalue weighted by atomic mass is 9.76. The summed E-state index contributed by atoms with van der Waals surface area (Å²) in [4.78, 5) is 21.4. The summed E-state index contributed by atoms with van der Waals surface area (Å²) >= 11 is 5.95. The van der Waals surface area contributed by atoms with Crippen molar-refractivity contribution in [1.82, 2.24) is 24.9 Å². The Bertz CT molecular complexity index is 1010. The maximum Gasteiger partial charge on any atom is 0.256 e. The van der Waals surface area contributed by atoms with Crippen molar-refractivity contribution in [2.24, 2.45) is 5.92 Å². The van der Waals surface area contributed by atoms with Crippen LogP contribution in [0.15, 0.2) is 55.0 Å². The third-order valence-electron chi connectivity index (χ3n) is 5.87. The average molecular weight is 409 g/mol. The maximum atomic E-state index is 13.5. The molecule has 1 saturated carbocycles. The third-order valence-corrected chi connectivity index (χ3v) is 6.09. The highest BCUT2D eigenvalue weighted by Crippen LogP contribution is 2.37. The van der Waals surface area contributed by atoms with Gasteiger partial charge in [0.1, 0.15) is 5.82 Å². The van der Waals surface area contributed by atoms with Crippen LogP contribution in [0.2, 0.25) is 5.02 Å². The molecular formula is C21H21ClN6O. The van der Waals surface area contributed by atoms with Crippen molar-refractivity contribution in [3.05, 3.63) is 65.6 Å². The number of para-hydroxylation sites is 1. The van der Waals surface area contributed by atoms with Crippen LogP contribution in [-0.4, -0.2) is 49.4 Å². The predicted molar refractivity (Wildman–Crippen MR) is 110 cm³/mol. The van der Waals surface area contributed by atoms with Crippen LogP contribution < -0.4 is 5.32 Å². The van der Waals surface area contributed by atoms with Gasteiger partial charge in [0.2, 0.25) is 0 Å². The normalized spacial score (nSPS) is 23.2. The lowest BCUT2D eigenvalue weighted by molar-refractivity contribution is 0.0281. The van der Waals surface area contributed by atoms with Crippen molar-refractivity contribution < 1.29 is 4.79 Å². The summed E-state index contributed by atoms with van der Waals surface area (Å²) in [5.74, 6) is 1.31. The Morgan fingerprint density at radius 2 is 1.93 bits per heavy atom. The van der Waals surface area contributed by atoms with E-state index < -0.39 is 0 Å². The van der Waals surface area contributed by atoms with Crippen molar-refractivity contribution >= 4 is 23.3 Å². The molecule has 3 fully saturated rings. The molecule has 1 aromatic carbocycles. The van der Waals surface area contributed by atoms with Gasteiger partial charge in [-0.1, -0.05) is 23.7 Å². The molecule has 0 unspecified atom stereocenters. The number of nitrogens with zero attached hydrogens (tertiary/aromatic N) is 5. The molecule has 29 heavy (non-hydrogen) atoms. The monoisotopic (exact) mass is 408 g/mol. The lowest BCUT2D eigenvalue weighted by Gasteiger charge is -2.50. The molecule has 2 aliphatic heterocycles. The molecular weight excluding hydrogens is 388 g/mol. The summed E-state index contributed by atoms with van der Waals surface area (Å²) in [5.41, 5.74) is 1.33. The number of benzene rings is 1. The predicted octanol–water partition coefficient (Wildman–Crippen LogP) is 3.42. The van der Waals surface area contributed by atoms with E-state index in [2.05, 4.69) is 20.5 Å². The van der Waals surface area contributed by atoms with E-state index in [-0.39, 0.29) is 18.0 Å². The van der Waals surface area contributed by atoms with Crippen LogP contribution in [0.3, 0.4) is 0 Å². The van der Waals surface area contributed by atoms with E-state index in [1.54, 1.807) is 18.6 Å². The Hall–Kier alpha value is -2.93. The van der Waals surface area contributed by atoms with Crippen LogP contribution in [0.4, 0.5) is 5.82 Å². The van der Waals surface area contributed by atoms with Gasteiger partial charge in [0.05, 0.1) is 34.7 Å². The minimum atomic E-state index is 0.0307. The molecule has 4 heterocycles. The maximum absolute atomic E-state index is 13.5. The molecule has 3 aliphatic rings. The van der Waals surface area contributed by atoms with Crippen LogP contribution in [-0.2, 0) is 0 Å². The van der Waals surface area contributed by atoms with Gasteiger partial charge < -0.3 is 10.2 Å². The van der Waals surface area contributed by atoms with Gasteiger partial charge in [0.25, 0.3) is 5.91 Å². The highest BCUT2D eigenvalue weighted by molar-refractivity contribution is 6.30. The smallest absolute Gasteiger partial charge is 0.256 e. The Balaban J connectivity index is 1.41. The molecule has 2 bridgehead atoms. The Morgan fingerprint density at radius 1 is 1.10 bits per heavy atom. The molecule has 1 N–H and O–H groups in total. The SMILES string of the molecule is O=C(c1ccccc1-n1nccn1)N1C[C@H]2CC[C@H]1[C@H](Nc1ccc(Cl)cn1)C2. The molecule has 1 amide bonds. The van der Waals surface area contributed by atoms with Crippen LogP contribution in [0, 0.1) is 5.92 Å². The summed E-state index contributed by atoms with van der Waals surface area (Å²) in [7, 11) is 0. The summed E-state index contributed by atoms with van der Waals surface area (Å²) in [6.45, 7) is 0.788. The first-order chi connectivity index (χ1) is 14.2. The number of nitrogens with one attached hydrogen (secondary N) is 1. The fourth-order valence-corrected chi connectivity index (χ4v) is 4.67. The van der Waals surface area contributed by atoms with Crippen molar-refractivity contribution in [1.29, 1.82) is 0 Å². The number of carbonyl (C=O) groups is 1. The quantitative estimate of drug-likeness (QED) is 0.715. The van der Waals surface area contributed by atoms with E-state index in [0.29, 0.717) is 22.2 Å². The lowest BCUT2D eigenvalue weighted by Crippen LogP contribution is -2.59. The highest BCUT2D eigenvalue weighted by Gasteiger charge is 2.43. The first-order valence-electron chi connectivity index (χ1n) is 9.84. The Morgan fingerprint density at radius 3 is 2.69 bits per heavy atom. The summed E-state index contributed by atoms with van der Waals surface area (Å²) < 4.78 is 0. The molecule has 0 spiro atoms.